The molecule has 0 aromatic heterocycles. The van der Waals surface area contributed by atoms with Crippen molar-refractivity contribution in [2.24, 2.45) is 0 Å². The van der Waals surface area contributed by atoms with Crippen molar-refractivity contribution in [2.75, 3.05) is 50.6 Å². The summed E-state index contributed by atoms with van der Waals surface area (Å²) in [6.45, 7) is 2.70. The Labute approximate surface area is 226 Å². The third kappa shape index (κ3) is 6.31. The van der Waals surface area contributed by atoms with Gasteiger partial charge in [-0.1, -0.05) is 17.7 Å². The topological polar surface area (TPSA) is 83.1 Å². The number of anilines is 2. The molecule has 0 saturated carbocycles. The van der Waals surface area contributed by atoms with Crippen molar-refractivity contribution in [1.29, 1.82) is 0 Å². The molecule has 37 heavy (non-hydrogen) atoms. The van der Waals surface area contributed by atoms with Crippen LogP contribution in [0, 0.1) is 0 Å². The number of hydrogen-bond acceptors (Lipinski definition) is 6. The molecular formula is C27H27ClN4O4S. The Bertz CT molecular complexity index is 1250. The first kappa shape index (κ1) is 26.2. The molecule has 1 aliphatic rings. The van der Waals surface area contributed by atoms with E-state index in [-0.39, 0.29) is 16.6 Å². The molecule has 2 N–H and O–H groups in total. The van der Waals surface area contributed by atoms with E-state index in [4.69, 9.17) is 33.3 Å². The number of methoxy groups -OCH3 is 2. The minimum Gasteiger partial charge on any atom is -0.496 e. The zero-order valence-electron chi connectivity index (χ0n) is 20.5. The predicted octanol–water partition coefficient (Wildman–Crippen LogP) is 4.45. The second kappa shape index (κ2) is 11.9. The number of thiocarbonyl (C=S) groups is 1. The Morgan fingerprint density at radius 2 is 1.46 bits per heavy atom. The fourth-order valence-electron chi connectivity index (χ4n) is 4.10. The molecule has 4 rings (SSSR count). The molecule has 1 saturated heterocycles. The van der Waals surface area contributed by atoms with E-state index in [1.807, 2.05) is 29.2 Å². The number of nitrogens with zero attached hydrogens (tertiary/aromatic N) is 2. The van der Waals surface area contributed by atoms with Crippen LogP contribution >= 0.6 is 23.8 Å². The maximum atomic E-state index is 12.8. The predicted molar refractivity (Wildman–Crippen MR) is 149 cm³/mol. The van der Waals surface area contributed by atoms with Gasteiger partial charge in [0.25, 0.3) is 11.8 Å². The van der Waals surface area contributed by atoms with E-state index < -0.39 is 5.91 Å². The van der Waals surface area contributed by atoms with Crippen LogP contribution in [0.1, 0.15) is 20.7 Å². The highest BCUT2D eigenvalue weighted by molar-refractivity contribution is 7.80. The number of carbonyl (C=O) groups is 2. The van der Waals surface area contributed by atoms with Crippen molar-refractivity contribution in [3.8, 4) is 11.5 Å². The Morgan fingerprint density at radius 3 is 2.03 bits per heavy atom. The molecule has 1 fully saturated rings. The van der Waals surface area contributed by atoms with Gasteiger partial charge in [0.2, 0.25) is 0 Å². The van der Waals surface area contributed by atoms with Gasteiger partial charge < -0.3 is 24.6 Å². The van der Waals surface area contributed by atoms with Crippen molar-refractivity contribution in [2.45, 2.75) is 0 Å². The average molecular weight is 539 g/mol. The van der Waals surface area contributed by atoms with Crippen LogP contribution in [0.5, 0.6) is 11.5 Å². The smallest absolute Gasteiger partial charge is 0.264 e. The van der Waals surface area contributed by atoms with Crippen LogP contribution in [-0.2, 0) is 0 Å². The molecule has 2 amide bonds. The van der Waals surface area contributed by atoms with Crippen LogP contribution in [0.4, 0.5) is 11.4 Å². The molecule has 0 bridgehead atoms. The molecule has 3 aromatic rings. The fraction of sp³-hybridized carbons (Fsp3) is 0.222. The summed E-state index contributed by atoms with van der Waals surface area (Å²) in [5, 5.41) is 6.46. The Kier molecular flexibility index (Phi) is 8.47. The van der Waals surface area contributed by atoms with Gasteiger partial charge in [-0.15, -0.1) is 0 Å². The minimum atomic E-state index is -0.436. The highest BCUT2D eigenvalue weighted by Crippen LogP contribution is 2.28. The normalized spacial score (nSPS) is 13.1. The van der Waals surface area contributed by atoms with Gasteiger partial charge in [0.05, 0.1) is 14.2 Å². The first-order valence-electron chi connectivity index (χ1n) is 11.6. The van der Waals surface area contributed by atoms with E-state index in [1.54, 1.807) is 42.5 Å². The second-order valence-electron chi connectivity index (χ2n) is 8.28. The summed E-state index contributed by atoms with van der Waals surface area (Å²) < 4.78 is 10.6. The van der Waals surface area contributed by atoms with E-state index in [1.165, 1.54) is 14.2 Å². The molecule has 0 unspecified atom stereocenters. The standard InChI is InChI=1S/C27H27ClN4O4S/c1-35-22-4-3-5-23(36-2)24(22)25(33)30-27(37)29-20-10-12-21(13-11-20)31-14-16-32(17-15-31)26(34)18-6-8-19(28)9-7-18/h3-13H,14-17H2,1-2H3,(H2,29,30,33,37). The summed E-state index contributed by atoms with van der Waals surface area (Å²) in [6.07, 6.45) is 0. The van der Waals surface area contributed by atoms with Gasteiger partial charge in [0.1, 0.15) is 17.1 Å². The quantitative estimate of drug-likeness (QED) is 0.449. The number of nitrogens with one attached hydrogen (secondary N) is 2. The summed E-state index contributed by atoms with van der Waals surface area (Å²) in [7, 11) is 2.97. The number of halogens is 1. The number of carbonyl (C=O) groups excluding carboxylic acids is 2. The fourth-order valence-corrected chi connectivity index (χ4v) is 4.44. The van der Waals surface area contributed by atoms with E-state index >= 15 is 0 Å². The summed E-state index contributed by atoms with van der Waals surface area (Å²) in [5.41, 5.74) is 2.68. The number of ether oxygens (including phenoxy) is 2. The summed E-state index contributed by atoms with van der Waals surface area (Å²) >= 11 is 11.3. The number of rotatable bonds is 6. The first-order valence-corrected chi connectivity index (χ1v) is 12.4. The third-order valence-electron chi connectivity index (χ3n) is 6.03. The summed E-state index contributed by atoms with van der Waals surface area (Å²) in [4.78, 5) is 29.6. The Balaban J connectivity index is 1.31. The van der Waals surface area contributed by atoms with E-state index in [0.717, 1.165) is 24.5 Å². The van der Waals surface area contributed by atoms with Crippen LogP contribution in [0.2, 0.25) is 5.02 Å². The first-order chi connectivity index (χ1) is 17.9. The van der Waals surface area contributed by atoms with Crippen LogP contribution in [-0.4, -0.2) is 62.2 Å². The van der Waals surface area contributed by atoms with Gasteiger partial charge in [0.15, 0.2) is 5.11 Å². The Morgan fingerprint density at radius 1 is 0.865 bits per heavy atom. The number of amides is 2. The number of hydrogen-bond donors (Lipinski definition) is 2. The van der Waals surface area contributed by atoms with Crippen molar-refractivity contribution in [1.82, 2.24) is 10.2 Å². The van der Waals surface area contributed by atoms with Gasteiger partial charge in [-0.2, -0.15) is 0 Å². The highest BCUT2D eigenvalue weighted by Gasteiger charge is 2.23. The molecule has 0 radical (unpaired) electrons. The molecule has 8 nitrogen and oxygen atoms in total. The van der Waals surface area contributed by atoms with Crippen LogP contribution in [0.15, 0.2) is 66.7 Å². The van der Waals surface area contributed by atoms with Gasteiger partial charge >= 0.3 is 0 Å². The molecule has 3 aromatic carbocycles. The number of piperazine rings is 1. The lowest BCUT2D eigenvalue weighted by Gasteiger charge is -2.36. The van der Waals surface area contributed by atoms with Crippen molar-refractivity contribution in [3.63, 3.8) is 0 Å². The highest BCUT2D eigenvalue weighted by atomic mass is 35.5. The van der Waals surface area contributed by atoms with Gasteiger partial charge in [-0.3, -0.25) is 14.9 Å². The summed E-state index contributed by atoms with van der Waals surface area (Å²) in [6, 6.07) is 19.8. The Hall–Kier alpha value is -3.82. The van der Waals surface area contributed by atoms with Crippen LogP contribution in [0.25, 0.3) is 0 Å². The van der Waals surface area contributed by atoms with E-state index in [2.05, 4.69) is 15.5 Å². The number of benzene rings is 3. The maximum Gasteiger partial charge on any atom is 0.264 e. The third-order valence-corrected chi connectivity index (χ3v) is 6.49. The van der Waals surface area contributed by atoms with Crippen molar-refractivity contribution in [3.05, 3.63) is 82.9 Å². The molecule has 192 valence electrons. The lowest BCUT2D eigenvalue weighted by Crippen LogP contribution is -2.48. The molecule has 0 spiro atoms. The second-order valence-corrected chi connectivity index (χ2v) is 9.12. The zero-order chi connectivity index (χ0) is 26.4. The average Bonchev–Trinajstić information content (AvgIpc) is 2.93. The largest absolute Gasteiger partial charge is 0.496 e. The lowest BCUT2D eigenvalue weighted by molar-refractivity contribution is 0.0746. The van der Waals surface area contributed by atoms with Crippen molar-refractivity contribution >= 4 is 52.1 Å². The SMILES string of the molecule is COc1cccc(OC)c1C(=O)NC(=S)Nc1ccc(N2CCN(C(=O)c3ccc(Cl)cc3)CC2)cc1. The van der Waals surface area contributed by atoms with E-state index in [9.17, 15) is 9.59 Å². The maximum absolute atomic E-state index is 12.8. The molecule has 1 aliphatic heterocycles. The van der Waals surface area contributed by atoms with Gasteiger partial charge in [0, 0.05) is 48.1 Å². The molecule has 10 heteroatoms. The summed E-state index contributed by atoms with van der Waals surface area (Å²) in [5.74, 6) is 0.351. The van der Waals surface area contributed by atoms with Gasteiger partial charge in [-0.25, -0.2) is 0 Å². The lowest BCUT2D eigenvalue weighted by atomic mass is 10.1. The van der Waals surface area contributed by atoms with Crippen LogP contribution in [0.3, 0.4) is 0 Å². The monoisotopic (exact) mass is 538 g/mol. The molecule has 0 atom stereocenters. The van der Waals surface area contributed by atoms with Crippen LogP contribution < -0.4 is 25.0 Å². The molecular weight excluding hydrogens is 512 g/mol. The van der Waals surface area contributed by atoms with Gasteiger partial charge in [-0.05, 0) is 72.9 Å². The zero-order valence-corrected chi connectivity index (χ0v) is 22.1. The van der Waals surface area contributed by atoms with E-state index in [0.29, 0.717) is 35.2 Å². The molecule has 1 heterocycles. The van der Waals surface area contributed by atoms with Crippen molar-refractivity contribution < 1.29 is 19.1 Å². The minimum absolute atomic E-state index is 0.0113. The molecule has 0 aliphatic carbocycles.